The molecule has 0 heterocycles. The minimum atomic E-state index is -0.637. The molecule has 0 bridgehead atoms. The van der Waals surface area contributed by atoms with Crippen LogP contribution in [-0.4, -0.2) is 46.7 Å². The third-order valence-corrected chi connectivity index (χ3v) is 7.18. The standard InChI is InChI=1S/C21H36NOSi/c1-5-8-14-22(15-9-6-2)16-11-17-24(19-23-4)21-13-10-12-20(7-3)18-21/h7,10,12-13,18H,3,5-6,8-9,11,14-17,19H2,1-2,4H3. The van der Waals surface area contributed by atoms with Crippen LogP contribution in [0.1, 0.15) is 51.5 Å². The van der Waals surface area contributed by atoms with Gasteiger partial charge in [0.15, 0.2) is 0 Å². The topological polar surface area (TPSA) is 12.5 Å². The molecule has 1 radical (unpaired) electrons. The third kappa shape index (κ3) is 8.27. The molecule has 135 valence electrons. The Bertz CT molecular complexity index is 441. The van der Waals surface area contributed by atoms with Crippen molar-refractivity contribution >= 4 is 20.1 Å². The van der Waals surface area contributed by atoms with Crippen molar-refractivity contribution in [2.75, 3.05) is 33.0 Å². The molecule has 2 nitrogen and oxygen atoms in total. The molecule has 24 heavy (non-hydrogen) atoms. The van der Waals surface area contributed by atoms with Crippen molar-refractivity contribution in [3.63, 3.8) is 0 Å². The van der Waals surface area contributed by atoms with Gasteiger partial charge in [0.05, 0.1) is 0 Å². The maximum Gasteiger partial charge on any atom is 0.117 e. The lowest BCUT2D eigenvalue weighted by atomic mass is 10.2. The fourth-order valence-electron chi connectivity index (χ4n) is 2.97. The van der Waals surface area contributed by atoms with Gasteiger partial charge in [-0.05, 0) is 44.5 Å². The van der Waals surface area contributed by atoms with Crippen LogP contribution in [0, 0.1) is 0 Å². The summed E-state index contributed by atoms with van der Waals surface area (Å²) in [7, 11) is 1.19. The maximum absolute atomic E-state index is 5.53. The predicted molar refractivity (Wildman–Crippen MR) is 109 cm³/mol. The SMILES string of the molecule is C=Cc1cccc([Si](CCCN(CCCC)CCCC)COC)c1. The van der Waals surface area contributed by atoms with Crippen LogP contribution in [0.5, 0.6) is 0 Å². The molecule has 0 aliphatic rings. The summed E-state index contributed by atoms with van der Waals surface area (Å²) in [4.78, 5) is 2.67. The molecule has 0 saturated carbocycles. The second-order valence-corrected chi connectivity index (χ2v) is 9.09. The Labute approximate surface area is 151 Å². The van der Waals surface area contributed by atoms with E-state index < -0.39 is 8.80 Å². The molecular formula is C21H36NOSi. The summed E-state index contributed by atoms with van der Waals surface area (Å²) in [6, 6.07) is 10.1. The van der Waals surface area contributed by atoms with Gasteiger partial charge in [-0.15, -0.1) is 0 Å². The van der Waals surface area contributed by atoms with Gasteiger partial charge in [-0.3, -0.25) is 0 Å². The average molecular weight is 347 g/mol. The van der Waals surface area contributed by atoms with Crippen molar-refractivity contribution in [3.8, 4) is 0 Å². The lowest BCUT2D eigenvalue weighted by Crippen LogP contribution is -2.36. The summed E-state index contributed by atoms with van der Waals surface area (Å²) in [6.45, 7) is 12.2. The largest absolute Gasteiger partial charge is 0.388 e. The molecule has 0 saturated heterocycles. The van der Waals surface area contributed by atoms with Crippen molar-refractivity contribution < 1.29 is 4.74 Å². The number of nitrogens with zero attached hydrogens (tertiary/aromatic N) is 1. The summed E-state index contributed by atoms with van der Waals surface area (Å²) >= 11 is 0. The molecule has 3 heteroatoms. The van der Waals surface area contributed by atoms with Crippen LogP contribution in [0.25, 0.3) is 6.08 Å². The number of ether oxygens (including phenoxy) is 1. The summed E-state index contributed by atoms with van der Waals surface area (Å²) in [5.41, 5.74) is 1.22. The summed E-state index contributed by atoms with van der Waals surface area (Å²) < 4.78 is 5.53. The quantitative estimate of drug-likeness (QED) is 0.460. The van der Waals surface area contributed by atoms with Gasteiger partial charge in [-0.25, -0.2) is 0 Å². The Hall–Kier alpha value is -0.903. The highest BCUT2D eigenvalue weighted by atomic mass is 28.3. The molecule has 1 rings (SSSR count). The predicted octanol–water partition coefficient (Wildman–Crippen LogP) is 4.51. The minimum Gasteiger partial charge on any atom is -0.388 e. The lowest BCUT2D eigenvalue weighted by Gasteiger charge is -2.23. The van der Waals surface area contributed by atoms with E-state index in [1.807, 2.05) is 13.2 Å². The van der Waals surface area contributed by atoms with Crippen LogP contribution in [0.15, 0.2) is 30.8 Å². The Balaban J connectivity index is 2.55. The van der Waals surface area contributed by atoms with Gasteiger partial charge in [0.2, 0.25) is 0 Å². The zero-order valence-corrected chi connectivity index (χ0v) is 17.0. The van der Waals surface area contributed by atoms with E-state index in [-0.39, 0.29) is 0 Å². The average Bonchev–Trinajstić information content (AvgIpc) is 2.62. The van der Waals surface area contributed by atoms with Gasteiger partial charge in [0, 0.05) is 13.3 Å². The van der Waals surface area contributed by atoms with Gasteiger partial charge in [0.25, 0.3) is 0 Å². The van der Waals surface area contributed by atoms with Gasteiger partial charge >= 0.3 is 0 Å². The maximum atomic E-state index is 5.53. The molecule has 0 fully saturated rings. The van der Waals surface area contributed by atoms with Crippen LogP contribution >= 0.6 is 0 Å². The van der Waals surface area contributed by atoms with Crippen molar-refractivity contribution in [3.05, 3.63) is 36.4 Å². The van der Waals surface area contributed by atoms with Gasteiger partial charge in [0.1, 0.15) is 8.80 Å². The summed E-state index contributed by atoms with van der Waals surface area (Å²) in [5, 5.41) is 1.48. The third-order valence-electron chi connectivity index (χ3n) is 4.46. The molecule has 1 aromatic rings. The van der Waals surface area contributed by atoms with Crippen molar-refractivity contribution in [2.24, 2.45) is 0 Å². The zero-order chi connectivity index (χ0) is 17.6. The van der Waals surface area contributed by atoms with E-state index in [2.05, 4.69) is 49.6 Å². The van der Waals surface area contributed by atoms with Crippen molar-refractivity contribution in [2.45, 2.75) is 52.0 Å². The van der Waals surface area contributed by atoms with E-state index in [1.54, 1.807) is 0 Å². The monoisotopic (exact) mass is 346 g/mol. The van der Waals surface area contributed by atoms with Crippen LogP contribution in [0.3, 0.4) is 0 Å². The van der Waals surface area contributed by atoms with E-state index in [0.29, 0.717) is 0 Å². The second-order valence-electron chi connectivity index (χ2n) is 6.52. The van der Waals surface area contributed by atoms with Gasteiger partial charge < -0.3 is 9.64 Å². The second kappa shape index (κ2) is 13.4. The van der Waals surface area contributed by atoms with E-state index >= 15 is 0 Å². The molecule has 0 spiro atoms. The van der Waals surface area contributed by atoms with Crippen LogP contribution in [-0.2, 0) is 4.74 Å². The first-order chi connectivity index (χ1) is 11.7. The number of unbranched alkanes of at least 4 members (excludes halogenated alkanes) is 2. The van der Waals surface area contributed by atoms with Crippen molar-refractivity contribution in [1.82, 2.24) is 4.90 Å². The highest BCUT2D eigenvalue weighted by Crippen LogP contribution is 2.07. The molecule has 0 aliphatic carbocycles. The molecule has 0 amide bonds. The van der Waals surface area contributed by atoms with Crippen molar-refractivity contribution in [1.29, 1.82) is 0 Å². The highest BCUT2D eigenvalue weighted by Gasteiger charge is 2.15. The van der Waals surface area contributed by atoms with E-state index in [9.17, 15) is 0 Å². The van der Waals surface area contributed by atoms with Crippen LogP contribution < -0.4 is 5.19 Å². The zero-order valence-electron chi connectivity index (χ0n) is 16.0. The Morgan fingerprint density at radius 3 is 2.33 bits per heavy atom. The molecular weight excluding hydrogens is 310 g/mol. The van der Waals surface area contributed by atoms with Crippen LogP contribution in [0.2, 0.25) is 6.04 Å². The Kier molecular flexibility index (Phi) is 11.8. The minimum absolute atomic E-state index is 0.637. The molecule has 0 N–H and O–H groups in total. The van der Waals surface area contributed by atoms with Crippen LogP contribution in [0.4, 0.5) is 0 Å². The summed E-state index contributed by atoms with van der Waals surface area (Å²) in [5.74, 6) is 0. The van der Waals surface area contributed by atoms with E-state index in [1.165, 1.54) is 68.5 Å². The highest BCUT2D eigenvalue weighted by molar-refractivity contribution is 6.73. The summed E-state index contributed by atoms with van der Waals surface area (Å²) in [6.07, 6.45) is 9.33. The lowest BCUT2D eigenvalue weighted by molar-refractivity contribution is 0.247. The Morgan fingerprint density at radius 2 is 1.75 bits per heavy atom. The van der Waals surface area contributed by atoms with E-state index in [0.717, 1.165) is 6.23 Å². The molecule has 0 aromatic heterocycles. The first-order valence-corrected chi connectivity index (χ1v) is 11.4. The normalized spacial score (nSPS) is 11.4. The molecule has 1 aromatic carbocycles. The van der Waals surface area contributed by atoms with Gasteiger partial charge in [-0.2, -0.15) is 0 Å². The number of benzene rings is 1. The van der Waals surface area contributed by atoms with Gasteiger partial charge in [-0.1, -0.05) is 74.8 Å². The number of hydrogen-bond donors (Lipinski definition) is 0. The fourth-order valence-corrected chi connectivity index (χ4v) is 5.21. The molecule has 0 atom stereocenters. The Morgan fingerprint density at radius 1 is 1.08 bits per heavy atom. The smallest absolute Gasteiger partial charge is 0.117 e. The number of rotatable bonds is 14. The first kappa shape index (κ1) is 21.1. The fraction of sp³-hybridized carbons (Fsp3) is 0.619. The first-order valence-electron chi connectivity index (χ1n) is 9.54. The molecule has 0 unspecified atom stereocenters. The number of methoxy groups -OCH3 is 1. The number of hydrogen-bond acceptors (Lipinski definition) is 2. The molecule has 0 aliphatic heterocycles. The van der Waals surface area contributed by atoms with E-state index in [4.69, 9.17) is 4.74 Å².